The van der Waals surface area contributed by atoms with Crippen molar-refractivity contribution in [1.82, 2.24) is 10.2 Å². The van der Waals surface area contributed by atoms with Gasteiger partial charge in [0.2, 0.25) is 0 Å². The number of nitrogens with one attached hydrogen (secondary N) is 1. The van der Waals surface area contributed by atoms with Crippen LogP contribution < -0.4 is 10.1 Å². The van der Waals surface area contributed by atoms with E-state index in [4.69, 9.17) is 4.74 Å². The lowest BCUT2D eigenvalue weighted by atomic mass is 9.91. The fraction of sp³-hybridized carbons (Fsp3) is 0.529. The van der Waals surface area contributed by atoms with Crippen molar-refractivity contribution in [1.29, 1.82) is 0 Å². The summed E-state index contributed by atoms with van der Waals surface area (Å²) >= 11 is 0. The highest BCUT2D eigenvalue weighted by Crippen LogP contribution is 2.27. The van der Waals surface area contributed by atoms with E-state index in [0.717, 1.165) is 0 Å². The Morgan fingerprint density at radius 3 is 2.75 bits per heavy atom. The van der Waals surface area contributed by atoms with Crippen LogP contribution in [-0.4, -0.2) is 42.2 Å². The molecule has 0 aromatic heterocycles. The van der Waals surface area contributed by atoms with Gasteiger partial charge in [-0.3, -0.25) is 4.79 Å². The molecular weight excluding hydrogens is 315 g/mol. The Hall–Kier alpha value is -2.31. The molecule has 3 atom stereocenters. The molecule has 1 aliphatic heterocycles. The number of piperidine rings is 1. The second-order valence-corrected chi connectivity index (χ2v) is 6.34. The Morgan fingerprint density at radius 1 is 1.42 bits per heavy atom. The van der Waals surface area contributed by atoms with Gasteiger partial charge in [-0.15, -0.1) is 0 Å². The van der Waals surface area contributed by atoms with Gasteiger partial charge in [-0.2, -0.15) is 0 Å². The third-order valence-corrected chi connectivity index (χ3v) is 4.29. The standard InChI is InChI=1S/C17H23FN2O4/c1-10-6-12(16(21)22)9-20(8-10)17(23)19-11(2)14-7-13(18)4-5-15(14)24-3/h4-5,7,10-12H,6,8-9H2,1-3H3,(H,19,23)(H,21,22). The van der Waals surface area contributed by atoms with Crippen LogP contribution in [-0.2, 0) is 4.79 Å². The normalized spacial score (nSPS) is 21.9. The minimum Gasteiger partial charge on any atom is -0.496 e. The fourth-order valence-corrected chi connectivity index (χ4v) is 3.09. The lowest BCUT2D eigenvalue weighted by Crippen LogP contribution is -2.49. The number of carbonyl (C=O) groups excluding carboxylic acids is 1. The second-order valence-electron chi connectivity index (χ2n) is 6.34. The zero-order chi connectivity index (χ0) is 17.9. The van der Waals surface area contributed by atoms with E-state index in [9.17, 15) is 19.1 Å². The highest BCUT2D eigenvalue weighted by molar-refractivity contribution is 5.77. The summed E-state index contributed by atoms with van der Waals surface area (Å²) in [5.74, 6) is -1.26. The molecule has 1 saturated heterocycles. The Balaban J connectivity index is 2.08. The first-order valence-corrected chi connectivity index (χ1v) is 7.93. The van der Waals surface area contributed by atoms with E-state index in [1.165, 1.54) is 30.2 Å². The predicted octanol–water partition coefficient (Wildman–Crippen LogP) is 2.65. The Kier molecular flexibility index (Phi) is 5.64. The van der Waals surface area contributed by atoms with E-state index in [1.807, 2.05) is 6.92 Å². The molecule has 2 amide bonds. The summed E-state index contributed by atoms with van der Waals surface area (Å²) < 4.78 is 18.7. The van der Waals surface area contributed by atoms with Gasteiger partial charge < -0.3 is 20.1 Å². The maximum Gasteiger partial charge on any atom is 0.317 e. The maximum absolute atomic E-state index is 13.5. The van der Waals surface area contributed by atoms with Crippen molar-refractivity contribution in [3.05, 3.63) is 29.6 Å². The maximum atomic E-state index is 13.5. The summed E-state index contributed by atoms with van der Waals surface area (Å²) in [6.45, 7) is 4.34. The molecule has 1 aliphatic rings. The first kappa shape index (κ1) is 18.0. The van der Waals surface area contributed by atoms with Crippen molar-refractivity contribution < 1.29 is 23.8 Å². The summed E-state index contributed by atoms with van der Waals surface area (Å²) in [7, 11) is 1.48. The van der Waals surface area contributed by atoms with E-state index < -0.39 is 23.7 Å². The number of aliphatic carboxylic acids is 1. The molecule has 1 heterocycles. The van der Waals surface area contributed by atoms with Gasteiger partial charge in [-0.25, -0.2) is 9.18 Å². The van der Waals surface area contributed by atoms with Crippen LogP contribution in [0.25, 0.3) is 0 Å². The number of carboxylic acids is 1. The zero-order valence-electron chi connectivity index (χ0n) is 14.1. The molecule has 0 aliphatic carbocycles. The van der Waals surface area contributed by atoms with Crippen molar-refractivity contribution in [2.75, 3.05) is 20.2 Å². The average Bonchev–Trinajstić information content (AvgIpc) is 2.54. The van der Waals surface area contributed by atoms with Crippen LogP contribution >= 0.6 is 0 Å². The molecule has 2 N–H and O–H groups in total. The molecule has 0 bridgehead atoms. The van der Waals surface area contributed by atoms with Crippen LogP contribution in [0.2, 0.25) is 0 Å². The molecule has 132 valence electrons. The van der Waals surface area contributed by atoms with Gasteiger partial charge >= 0.3 is 12.0 Å². The zero-order valence-corrected chi connectivity index (χ0v) is 14.1. The molecule has 1 aromatic rings. The third-order valence-electron chi connectivity index (χ3n) is 4.29. The number of likely N-dealkylation sites (tertiary alicyclic amines) is 1. The number of benzene rings is 1. The van der Waals surface area contributed by atoms with Crippen LogP contribution in [0.3, 0.4) is 0 Å². The van der Waals surface area contributed by atoms with Crippen molar-refractivity contribution in [2.45, 2.75) is 26.3 Å². The Labute approximate surface area is 140 Å². The minimum absolute atomic E-state index is 0.115. The van der Waals surface area contributed by atoms with E-state index >= 15 is 0 Å². The monoisotopic (exact) mass is 338 g/mol. The van der Waals surface area contributed by atoms with Gasteiger partial charge in [0.05, 0.1) is 19.1 Å². The molecule has 2 rings (SSSR count). The number of urea groups is 1. The molecule has 0 spiro atoms. The van der Waals surface area contributed by atoms with Crippen LogP contribution in [0.1, 0.15) is 31.9 Å². The number of nitrogens with zero attached hydrogens (tertiary/aromatic N) is 1. The number of amides is 2. The smallest absolute Gasteiger partial charge is 0.317 e. The molecule has 24 heavy (non-hydrogen) atoms. The molecular formula is C17H23FN2O4. The quantitative estimate of drug-likeness (QED) is 0.885. The molecule has 3 unspecified atom stereocenters. The van der Waals surface area contributed by atoms with E-state index in [1.54, 1.807) is 6.92 Å². The third kappa shape index (κ3) is 4.15. The van der Waals surface area contributed by atoms with E-state index in [-0.39, 0.29) is 18.5 Å². The van der Waals surface area contributed by atoms with Crippen LogP contribution in [0.15, 0.2) is 18.2 Å². The van der Waals surface area contributed by atoms with Crippen LogP contribution in [0.4, 0.5) is 9.18 Å². The molecule has 7 heteroatoms. The lowest BCUT2D eigenvalue weighted by Gasteiger charge is -2.35. The number of ether oxygens (including phenoxy) is 1. The Bertz CT molecular complexity index is 623. The number of hydrogen-bond acceptors (Lipinski definition) is 3. The summed E-state index contributed by atoms with van der Waals surface area (Å²) in [6.07, 6.45) is 0.562. The molecule has 0 radical (unpaired) electrons. The van der Waals surface area contributed by atoms with Gasteiger partial charge in [-0.05, 0) is 37.5 Å². The van der Waals surface area contributed by atoms with Gasteiger partial charge in [0, 0.05) is 18.7 Å². The first-order chi connectivity index (χ1) is 11.3. The van der Waals surface area contributed by atoms with Gasteiger partial charge in [0.25, 0.3) is 0 Å². The number of hydrogen-bond donors (Lipinski definition) is 2. The van der Waals surface area contributed by atoms with Crippen molar-refractivity contribution in [3.63, 3.8) is 0 Å². The fourth-order valence-electron chi connectivity index (χ4n) is 3.09. The number of carbonyl (C=O) groups is 2. The van der Waals surface area contributed by atoms with Crippen LogP contribution in [0, 0.1) is 17.7 Å². The largest absolute Gasteiger partial charge is 0.496 e. The molecule has 6 nitrogen and oxygen atoms in total. The minimum atomic E-state index is -0.890. The van der Waals surface area contributed by atoms with Crippen LogP contribution in [0.5, 0.6) is 5.75 Å². The van der Waals surface area contributed by atoms with Gasteiger partial charge in [-0.1, -0.05) is 6.92 Å². The van der Waals surface area contributed by atoms with Gasteiger partial charge in [0.15, 0.2) is 0 Å². The summed E-state index contributed by atoms with van der Waals surface area (Å²) in [5, 5.41) is 12.0. The van der Waals surface area contributed by atoms with E-state index in [2.05, 4.69) is 5.32 Å². The number of rotatable bonds is 4. The summed E-state index contributed by atoms with van der Waals surface area (Å²) in [5.41, 5.74) is 0.533. The first-order valence-electron chi connectivity index (χ1n) is 7.93. The highest BCUT2D eigenvalue weighted by Gasteiger charge is 2.32. The number of methoxy groups -OCH3 is 1. The topological polar surface area (TPSA) is 78.9 Å². The SMILES string of the molecule is COc1ccc(F)cc1C(C)NC(=O)N1CC(C)CC(C(=O)O)C1. The Morgan fingerprint density at radius 2 is 2.12 bits per heavy atom. The van der Waals surface area contributed by atoms with Gasteiger partial charge in [0.1, 0.15) is 11.6 Å². The van der Waals surface area contributed by atoms with Crippen molar-refractivity contribution >= 4 is 12.0 Å². The lowest BCUT2D eigenvalue weighted by molar-refractivity contribution is -0.143. The van der Waals surface area contributed by atoms with Crippen molar-refractivity contribution in [2.24, 2.45) is 11.8 Å². The average molecular weight is 338 g/mol. The molecule has 1 fully saturated rings. The number of carboxylic acid groups (broad SMARTS) is 1. The van der Waals surface area contributed by atoms with Crippen molar-refractivity contribution in [3.8, 4) is 5.75 Å². The summed E-state index contributed by atoms with van der Waals surface area (Å²) in [6, 6.07) is 3.30. The molecule has 0 saturated carbocycles. The van der Waals surface area contributed by atoms with E-state index in [0.29, 0.717) is 24.3 Å². The highest BCUT2D eigenvalue weighted by atomic mass is 19.1. The molecule has 1 aromatic carbocycles. The summed E-state index contributed by atoms with van der Waals surface area (Å²) in [4.78, 5) is 25.2. The number of halogens is 1. The predicted molar refractivity (Wildman–Crippen MR) is 86.4 cm³/mol. The second kappa shape index (κ2) is 7.51.